The number of carbonyl (C=O) groups is 2. The second kappa shape index (κ2) is 5.16. The van der Waals surface area contributed by atoms with Crippen molar-refractivity contribution in [2.45, 2.75) is 6.92 Å². The highest BCUT2D eigenvalue weighted by molar-refractivity contribution is 5.84. The molecule has 0 heterocycles. The Bertz CT molecular complexity index is 430. The number of carbonyl (C=O) groups excluding carboxylic acids is 2. The second-order valence-corrected chi connectivity index (χ2v) is 2.84. The fraction of sp³-hybridized carbons (Fsp3) is 0.0909. The molecule has 0 radical (unpaired) electrons. The van der Waals surface area contributed by atoms with Gasteiger partial charge in [-0.2, -0.15) is 0 Å². The lowest BCUT2D eigenvalue weighted by atomic mass is 10.2. The molecule has 0 saturated heterocycles. The van der Waals surface area contributed by atoms with Crippen molar-refractivity contribution in [2.75, 3.05) is 0 Å². The Balaban J connectivity index is 3.00. The number of rotatable bonds is 3. The molecule has 84 valence electrons. The van der Waals surface area contributed by atoms with Crippen LogP contribution in [0.1, 0.15) is 17.3 Å². The van der Waals surface area contributed by atoms with E-state index in [1.807, 2.05) is 0 Å². The minimum Gasteiger partial charge on any atom is -0.423 e. The zero-order chi connectivity index (χ0) is 12.1. The molecule has 0 fully saturated rings. The predicted molar refractivity (Wildman–Crippen MR) is 52.2 cm³/mol. The van der Waals surface area contributed by atoms with E-state index in [4.69, 9.17) is 0 Å². The molecule has 1 aromatic rings. The van der Waals surface area contributed by atoms with Gasteiger partial charge in [-0.3, -0.25) is 4.79 Å². The van der Waals surface area contributed by atoms with Crippen molar-refractivity contribution in [2.24, 2.45) is 0 Å². The summed E-state index contributed by atoms with van der Waals surface area (Å²) in [4.78, 5) is 21.3. The summed E-state index contributed by atoms with van der Waals surface area (Å²) in [6.07, 6.45) is 2.58. The first-order chi connectivity index (χ1) is 7.58. The third-order valence-corrected chi connectivity index (χ3v) is 1.69. The summed E-state index contributed by atoms with van der Waals surface area (Å²) in [7, 11) is 0. The predicted octanol–water partition coefficient (Wildman–Crippen LogP) is 2.26. The van der Waals surface area contributed by atoms with E-state index in [1.54, 1.807) is 6.92 Å². The van der Waals surface area contributed by atoms with Crippen molar-refractivity contribution in [1.29, 1.82) is 0 Å². The smallest absolute Gasteiger partial charge is 0.335 e. The van der Waals surface area contributed by atoms with Crippen molar-refractivity contribution in [3.8, 4) is 5.75 Å². The molecule has 1 rings (SSSR count). The van der Waals surface area contributed by atoms with E-state index < -0.39 is 23.2 Å². The van der Waals surface area contributed by atoms with Gasteiger partial charge in [0.1, 0.15) is 17.4 Å². The fourth-order valence-corrected chi connectivity index (χ4v) is 1.02. The molecule has 0 saturated carbocycles. The Morgan fingerprint density at radius 3 is 2.31 bits per heavy atom. The average Bonchev–Trinajstić information content (AvgIpc) is 2.17. The SMILES string of the molecule is C/C=C/C(=O)Oc1cc(F)c(C=O)c(F)c1. The van der Waals surface area contributed by atoms with E-state index in [9.17, 15) is 18.4 Å². The lowest BCUT2D eigenvalue weighted by Gasteiger charge is -2.03. The Morgan fingerprint density at radius 1 is 1.31 bits per heavy atom. The zero-order valence-corrected chi connectivity index (χ0v) is 8.37. The van der Waals surface area contributed by atoms with Gasteiger partial charge >= 0.3 is 5.97 Å². The number of esters is 1. The normalized spacial score (nSPS) is 10.4. The van der Waals surface area contributed by atoms with Gasteiger partial charge in [0.25, 0.3) is 0 Å². The van der Waals surface area contributed by atoms with Crippen LogP contribution in [0, 0.1) is 11.6 Å². The molecule has 0 bridgehead atoms. The van der Waals surface area contributed by atoms with Crippen LogP contribution in [-0.4, -0.2) is 12.3 Å². The molecular formula is C11H8F2O3. The lowest BCUT2D eigenvalue weighted by molar-refractivity contribution is -0.129. The number of aldehydes is 1. The van der Waals surface area contributed by atoms with E-state index in [2.05, 4.69) is 4.74 Å². The van der Waals surface area contributed by atoms with Gasteiger partial charge in [-0.05, 0) is 6.92 Å². The van der Waals surface area contributed by atoms with Gasteiger partial charge in [-0.15, -0.1) is 0 Å². The summed E-state index contributed by atoms with van der Waals surface area (Å²) >= 11 is 0. The van der Waals surface area contributed by atoms with E-state index in [0.717, 1.165) is 18.2 Å². The van der Waals surface area contributed by atoms with Crippen molar-refractivity contribution in [3.05, 3.63) is 41.5 Å². The monoisotopic (exact) mass is 226 g/mol. The van der Waals surface area contributed by atoms with E-state index >= 15 is 0 Å². The van der Waals surface area contributed by atoms with Crippen LogP contribution < -0.4 is 4.74 Å². The molecule has 0 amide bonds. The number of allylic oxidation sites excluding steroid dienone is 1. The van der Waals surface area contributed by atoms with E-state index in [0.29, 0.717) is 0 Å². The average molecular weight is 226 g/mol. The number of ether oxygens (including phenoxy) is 1. The van der Waals surface area contributed by atoms with Crippen LogP contribution in [-0.2, 0) is 4.79 Å². The number of benzene rings is 1. The highest BCUT2D eigenvalue weighted by Gasteiger charge is 2.12. The topological polar surface area (TPSA) is 43.4 Å². The first kappa shape index (κ1) is 12.0. The van der Waals surface area contributed by atoms with Crippen LogP contribution >= 0.6 is 0 Å². The molecule has 1 aromatic carbocycles. The van der Waals surface area contributed by atoms with Gasteiger partial charge in [0.2, 0.25) is 0 Å². The third-order valence-electron chi connectivity index (χ3n) is 1.69. The maximum Gasteiger partial charge on any atom is 0.335 e. The molecule has 0 unspecified atom stereocenters. The molecule has 0 N–H and O–H groups in total. The minimum absolute atomic E-state index is 0.0578. The highest BCUT2D eigenvalue weighted by Crippen LogP contribution is 2.19. The fourth-order valence-electron chi connectivity index (χ4n) is 1.02. The van der Waals surface area contributed by atoms with Crippen molar-refractivity contribution < 1.29 is 23.1 Å². The first-order valence-corrected chi connectivity index (χ1v) is 4.37. The molecule has 0 atom stereocenters. The Kier molecular flexibility index (Phi) is 3.88. The Hall–Kier alpha value is -2.04. The standard InChI is InChI=1S/C11H8F2O3/c1-2-3-11(15)16-7-4-9(12)8(6-14)10(13)5-7/h2-6H,1H3/b3-2+. The van der Waals surface area contributed by atoms with Crippen LogP contribution in [0.5, 0.6) is 5.75 Å². The van der Waals surface area contributed by atoms with Gasteiger partial charge in [-0.25, -0.2) is 13.6 Å². The van der Waals surface area contributed by atoms with Gasteiger partial charge < -0.3 is 4.74 Å². The van der Waals surface area contributed by atoms with Gasteiger partial charge in [-0.1, -0.05) is 6.08 Å². The summed E-state index contributed by atoms with van der Waals surface area (Å²) in [5.41, 5.74) is -0.689. The largest absolute Gasteiger partial charge is 0.423 e. The van der Waals surface area contributed by atoms with Crippen LogP contribution in [0.15, 0.2) is 24.3 Å². The molecule has 3 nitrogen and oxygen atoms in total. The second-order valence-electron chi connectivity index (χ2n) is 2.84. The maximum atomic E-state index is 13.1. The lowest BCUT2D eigenvalue weighted by Crippen LogP contribution is -2.05. The molecule has 0 spiro atoms. The van der Waals surface area contributed by atoms with Crippen LogP contribution in [0.25, 0.3) is 0 Å². The summed E-state index contributed by atoms with van der Waals surface area (Å²) in [6, 6.07) is 1.54. The van der Waals surface area contributed by atoms with Crippen LogP contribution in [0.4, 0.5) is 8.78 Å². The highest BCUT2D eigenvalue weighted by atomic mass is 19.1. The molecule has 16 heavy (non-hydrogen) atoms. The molecule has 0 aliphatic rings. The van der Waals surface area contributed by atoms with Gasteiger partial charge in [0, 0.05) is 18.2 Å². The van der Waals surface area contributed by atoms with E-state index in [1.165, 1.54) is 6.08 Å². The van der Waals surface area contributed by atoms with Crippen LogP contribution in [0.2, 0.25) is 0 Å². The van der Waals surface area contributed by atoms with Gasteiger partial charge in [0.15, 0.2) is 6.29 Å². The minimum atomic E-state index is -1.07. The molecule has 5 heteroatoms. The first-order valence-electron chi connectivity index (χ1n) is 4.37. The van der Waals surface area contributed by atoms with E-state index in [-0.39, 0.29) is 12.0 Å². The number of hydrogen-bond donors (Lipinski definition) is 0. The zero-order valence-electron chi connectivity index (χ0n) is 8.37. The summed E-state index contributed by atoms with van der Waals surface area (Å²) in [5, 5.41) is 0. The summed E-state index contributed by atoms with van der Waals surface area (Å²) in [6.45, 7) is 1.60. The molecule has 0 aliphatic heterocycles. The van der Waals surface area contributed by atoms with Gasteiger partial charge in [0.05, 0.1) is 5.56 Å². The maximum absolute atomic E-state index is 13.1. The van der Waals surface area contributed by atoms with Crippen molar-refractivity contribution in [3.63, 3.8) is 0 Å². The molecular weight excluding hydrogens is 218 g/mol. The third kappa shape index (κ3) is 2.73. The summed E-state index contributed by atoms with van der Waals surface area (Å²) in [5.74, 6) is -3.18. The Labute approximate surface area is 90.3 Å². The molecule has 0 aromatic heterocycles. The van der Waals surface area contributed by atoms with Crippen LogP contribution in [0.3, 0.4) is 0 Å². The number of halogens is 2. The molecule has 0 aliphatic carbocycles. The quantitative estimate of drug-likeness (QED) is 0.343. The summed E-state index contributed by atoms with van der Waals surface area (Å²) < 4.78 is 30.7. The number of hydrogen-bond acceptors (Lipinski definition) is 3. The Morgan fingerprint density at radius 2 is 1.88 bits per heavy atom. The van der Waals surface area contributed by atoms with Crippen molar-refractivity contribution >= 4 is 12.3 Å². The van der Waals surface area contributed by atoms with Crippen molar-refractivity contribution in [1.82, 2.24) is 0 Å².